The molecule has 15 nitrogen and oxygen atoms in total. The number of hydrogen-bond donors (Lipinski definition) is 5. The average molecular weight is 768 g/mol. The van der Waals surface area contributed by atoms with E-state index >= 15 is 0 Å². The molecule has 2 heterocycles. The molecular weight excluding hydrogens is 702 g/mol. The van der Waals surface area contributed by atoms with E-state index in [4.69, 9.17) is 24.1 Å². The highest BCUT2D eigenvalue weighted by atomic mass is 16.7. The highest BCUT2D eigenvalue weighted by molar-refractivity contribution is 5.80. The summed E-state index contributed by atoms with van der Waals surface area (Å²) in [5.74, 6) is -2.25. The number of nitrogens with one attached hydrogen (secondary N) is 1. The van der Waals surface area contributed by atoms with Gasteiger partial charge in [-0.1, -0.05) is 71.4 Å². The normalized spacial score (nSPS) is 24.7. The van der Waals surface area contributed by atoms with Crippen LogP contribution in [0.3, 0.4) is 0 Å². The van der Waals surface area contributed by atoms with Crippen LogP contribution in [-0.2, 0) is 38.1 Å². The number of carbonyl (C=O) groups excluding carboxylic acids is 3. The van der Waals surface area contributed by atoms with Crippen LogP contribution in [0.4, 0.5) is 0 Å². The van der Waals surface area contributed by atoms with Gasteiger partial charge in [0.2, 0.25) is 17.7 Å². The van der Waals surface area contributed by atoms with Crippen LogP contribution in [0.25, 0.3) is 0 Å². The minimum atomic E-state index is -1.58. The van der Waals surface area contributed by atoms with E-state index in [-0.39, 0.29) is 61.0 Å². The zero-order chi connectivity index (χ0) is 40.7. The predicted molar refractivity (Wildman–Crippen MR) is 200 cm³/mol. The lowest BCUT2D eigenvalue weighted by atomic mass is 9.90. The van der Waals surface area contributed by atoms with Gasteiger partial charge >= 0.3 is 5.97 Å². The third kappa shape index (κ3) is 12.7. The quantitative estimate of drug-likeness (QED) is 0.138. The van der Waals surface area contributed by atoms with Crippen LogP contribution in [0.15, 0.2) is 30.3 Å². The number of benzene rings is 1. The highest BCUT2D eigenvalue weighted by Gasteiger charge is 2.44. The lowest BCUT2D eigenvalue weighted by Gasteiger charge is -2.39. The molecule has 15 heteroatoms. The number of carbonyl (C=O) groups is 4. The Balaban J connectivity index is 0.00000495. The molecule has 0 bridgehead atoms. The van der Waals surface area contributed by atoms with Gasteiger partial charge < -0.3 is 54.5 Å². The van der Waals surface area contributed by atoms with Gasteiger partial charge in [-0.2, -0.15) is 0 Å². The second-order valence-corrected chi connectivity index (χ2v) is 14.7. The Bertz CT molecular complexity index is 1300. The van der Waals surface area contributed by atoms with Crippen LogP contribution in [-0.4, -0.2) is 144 Å². The molecule has 54 heavy (non-hydrogen) atoms. The van der Waals surface area contributed by atoms with Gasteiger partial charge in [0.05, 0.1) is 42.7 Å². The second kappa shape index (κ2) is 23.0. The van der Waals surface area contributed by atoms with Crippen molar-refractivity contribution >= 4 is 23.7 Å². The molecule has 0 spiro atoms. The zero-order valence-corrected chi connectivity index (χ0v) is 33.4. The maximum Gasteiger partial charge on any atom is 0.335 e. The topological polar surface area (TPSA) is 205 Å². The number of carboxylic acid groups (broad SMARTS) is 1. The van der Waals surface area contributed by atoms with Gasteiger partial charge in [0.15, 0.2) is 12.4 Å². The molecule has 0 saturated carbocycles. The molecule has 0 aliphatic carbocycles. The second-order valence-electron chi connectivity index (χ2n) is 14.7. The summed E-state index contributed by atoms with van der Waals surface area (Å²) in [7, 11) is 5.88. The molecule has 1 aromatic rings. The summed E-state index contributed by atoms with van der Waals surface area (Å²) >= 11 is 0. The van der Waals surface area contributed by atoms with E-state index in [0.29, 0.717) is 24.9 Å². The van der Waals surface area contributed by atoms with Gasteiger partial charge in [-0.3, -0.25) is 14.4 Å². The van der Waals surface area contributed by atoms with Crippen molar-refractivity contribution in [1.82, 2.24) is 15.1 Å². The number of likely N-dealkylation sites (tertiary alicyclic amines) is 1. The van der Waals surface area contributed by atoms with Gasteiger partial charge in [0.1, 0.15) is 12.2 Å². The number of aliphatic hydroxyl groups excluding tert-OH is 3. The largest absolute Gasteiger partial charge is 0.479 e. The smallest absolute Gasteiger partial charge is 0.335 e. The fraction of sp³-hybridized carbons (Fsp3) is 0.744. The number of rotatable bonds is 19. The molecule has 9 unspecified atom stereocenters. The lowest BCUT2D eigenvalue weighted by Crippen LogP contribution is -2.53. The standard InChI is InChI=1S/C38H61N3O11.CH4O/c1-9-23(4)33(40(6)31(44)18-22(2)3)29(49-7)20-32(45)41-17-13-16-26(41)34(50-8)24(5)36(46)39-21-30(25-14-11-10-12-15-25)51-38-28(43)19-27(42)35(52-38)37(47)48;1-2/h10-12,14-15,22-24,26-30,33-35,38,42-43H,9,13,16-21H2,1-8H3,(H,39,46)(H,47,48);2H,1H3/t23?,24?,26?,27?,28?,29?,30?,33?,34?,35-,38+;/m0./s1. The predicted octanol–water partition coefficient (Wildman–Crippen LogP) is 2.36. The summed E-state index contributed by atoms with van der Waals surface area (Å²) in [4.78, 5) is 55.9. The molecule has 2 saturated heterocycles. The molecule has 1 aromatic carbocycles. The van der Waals surface area contributed by atoms with Gasteiger partial charge in [0, 0.05) is 54.3 Å². The van der Waals surface area contributed by atoms with E-state index in [1.165, 1.54) is 7.11 Å². The maximum absolute atomic E-state index is 14.0. The Morgan fingerprint density at radius 2 is 1.65 bits per heavy atom. The number of hydrogen-bond acceptors (Lipinski definition) is 11. The van der Waals surface area contributed by atoms with Crippen molar-refractivity contribution in [3.8, 4) is 0 Å². The van der Waals surface area contributed by atoms with E-state index in [1.54, 1.807) is 55.1 Å². The van der Waals surface area contributed by atoms with Crippen molar-refractivity contribution in [2.45, 2.75) is 128 Å². The number of likely N-dealkylation sites (N-methyl/N-ethyl adjacent to an activating group) is 1. The van der Waals surface area contributed by atoms with Crippen molar-refractivity contribution in [3.05, 3.63) is 35.9 Å². The van der Waals surface area contributed by atoms with Crippen LogP contribution in [0.2, 0.25) is 0 Å². The first kappa shape index (κ1) is 47.0. The minimum absolute atomic E-state index is 0.0127. The van der Waals surface area contributed by atoms with E-state index in [0.717, 1.165) is 20.0 Å². The molecule has 2 fully saturated rings. The first-order chi connectivity index (χ1) is 25.6. The molecule has 2 aliphatic rings. The Kier molecular flexibility index (Phi) is 20.0. The van der Waals surface area contributed by atoms with E-state index in [2.05, 4.69) is 19.2 Å². The average Bonchev–Trinajstić information content (AvgIpc) is 3.64. The Morgan fingerprint density at radius 3 is 2.20 bits per heavy atom. The fourth-order valence-electron chi connectivity index (χ4n) is 7.40. The number of ether oxygens (including phenoxy) is 4. The van der Waals surface area contributed by atoms with Gasteiger partial charge in [-0.25, -0.2) is 4.79 Å². The van der Waals surface area contributed by atoms with Crippen LogP contribution >= 0.6 is 0 Å². The summed E-state index contributed by atoms with van der Waals surface area (Å²) in [5.41, 5.74) is 0.653. The number of carboxylic acids is 1. The minimum Gasteiger partial charge on any atom is -0.479 e. The molecule has 0 radical (unpaired) electrons. The first-order valence-corrected chi connectivity index (χ1v) is 18.9. The van der Waals surface area contributed by atoms with Crippen LogP contribution in [0, 0.1) is 17.8 Å². The maximum atomic E-state index is 14.0. The Morgan fingerprint density at radius 1 is 1.00 bits per heavy atom. The molecule has 3 rings (SSSR count). The van der Waals surface area contributed by atoms with Crippen molar-refractivity contribution in [2.75, 3.05) is 41.5 Å². The number of methoxy groups -OCH3 is 2. The van der Waals surface area contributed by atoms with Gasteiger partial charge in [0.25, 0.3) is 0 Å². The van der Waals surface area contributed by atoms with Crippen LogP contribution in [0.1, 0.15) is 84.8 Å². The van der Waals surface area contributed by atoms with Crippen LogP contribution < -0.4 is 5.32 Å². The molecule has 2 aliphatic heterocycles. The van der Waals surface area contributed by atoms with Crippen LogP contribution in [0.5, 0.6) is 0 Å². The van der Waals surface area contributed by atoms with Crippen molar-refractivity contribution in [2.24, 2.45) is 17.8 Å². The highest BCUT2D eigenvalue weighted by Crippen LogP contribution is 2.31. The number of aliphatic hydroxyl groups is 3. The van der Waals surface area contributed by atoms with Crippen molar-refractivity contribution < 1.29 is 58.6 Å². The summed E-state index contributed by atoms with van der Waals surface area (Å²) in [6, 6.07) is 8.26. The summed E-state index contributed by atoms with van der Waals surface area (Å²) in [6.45, 7) is 10.3. The summed E-state index contributed by atoms with van der Waals surface area (Å²) < 4.78 is 23.3. The third-order valence-electron chi connectivity index (χ3n) is 10.5. The Hall–Kier alpha value is -3.18. The Labute approximate surface area is 320 Å². The van der Waals surface area contributed by atoms with Crippen molar-refractivity contribution in [1.29, 1.82) is 0 Å². The van der Waals surface area contributed by atoms with E-state index in [9.17, 15) is 34.5 Å². The first-order valence-electron chi connectivity index (χ1n) is 18.9. The molecule has 308 valence electrons. The fourth-order valence-corrected chi connectivity index (χ4v) is 7.40. The lowest BCUT2D eigenvalue weighted by molar-refractivity contribution is -0.277. The molecular formula is C39H65N3O12. The van der Waals surface area contributed by atoms with Gasteiger partial charge in [-0.05, 0) is 30.2 Å². The van der Waals surface area contributed by atoms with E-state index < -0.39 is 54.8 Å². The summed E-state index contributed by atoms with van der Waals surface area (Å²) in [6.07, 6.45) is -5.22. The van der Waals surface area contributed by atoms with Gasteiger partial charge in [-0.15, -0.1) is 0 Å². The SMILES string of the molecule is CCC(C)C(C(CC(=O)N1CCCC1C(OC)C(C)C(=O)NCC(O[C@@H]1O[C@H](C(=O)O)C(O)CC1O)c1ccccc1)OC)N(C)C(=O)CC(C)C.CO. The number of aliphatic carboxylic acids is 1. The van der Waals surface area contributed by atoms with E-state index in [1.807, 2.05) is 19.9 Å². The summed E-state index contributed by atoms with van der Waals surface area (Å²) in [5, 5.41) is 40.0. The number of nitrogens with zero attached hydrogens (tertiary/aromatic N) is 2. The molecule has 11 atom stereocenters. The molecule has 5 N–H and O–H groups in total. The molecule has 0 aromatic heterocycles. The molecule has 3 amide bonds. The third-order valence-corrected chi connectivity index (χ3v) is 10.5. The number of amides is 3. The zero-order valence-electron chi connectivity index (χ0n) is 33.4. The monoisotopic (exact) mass is 767 g/mol. The van der Waals surface area contributed by atoms with Crippen molar-refractivity contribution in [3.63, 3.8) is 0 Å².